The van der Waals surface area contributed by atoms with E-state index >= 15 is 0 Å². The predicted molar refractivity (Wildman–Crippen MR) is 148 cm³/mol. The Hall–Kier alpha value is -3.62. The van der Waals surface area contributed by atoms with Gasteiger partial charge >= 0.3 is 6.18 Å². The number of hydrogen-bond acceptors (Lipinski definition) is 6. The van der Waals surface area contributed by atoms with Crippen molar-refractivity contribution in [1.29, 1.82) is 0 Å². The van der Waals surface area contributed by atoms with Crippen molar-refractivity contribution in [2.45, 2.75) is 95.6 Å². The molecule has 240 valence electrons. The molecule has 2 aliphatic carbocycles. The van der Waals surface area contributed by atoms with Crippen LogP contribution in [-0.2, 0) is 9.53 Å². The minimum atomic E-state index is -4.57. The van der Waals surface area contributed by atoms with Crippen LogP contribution in [0.2, 0.25) is 0 Å². The molecule has 0 aromatic carbocycles. The Morgan fingerprint density at radius 1 is 1.05 bits per heavy atom. The highest BCUT2D eigenvalue weighted by Gasteiger charge is 2.40. The maximum Gasteiger partial charge on any atom is 0.414 e. The molecule has 3 aromatic heterocycles. The Morgan fingerprint density at radius 3 is 2.36 bits per heavy atom. The molecule has 15 heteroatoms. The molecule has 0 spiro atoms. The summed E-state index contributed by atoms with van der Waals surface area (Å²) in [5.41, 5.74) is 1.82. The zero-order chi connectivity index (χ0) is 31.8. The van der Waals surface area contributed by atoms with Gasteiger partial charge in [0.15, 0.2) is 11.8 Å². The van der Waals surface area contributed by atoms with E-state index in [1.807, 2.05) is 13.8 Å². The lowest BCUT2D eigenvalue weighted by atomic mass is 9.81. The van der Waals surface area contributed by atoms with Gasteiger partial charge in [0, 0.05) is 25.1 Å². The molecule has 0 aliphatic heterocycles. The average Bonchev–Trinajstić information content (AvgIpc) is 3.50. The summed E-state index contributed by atoms with van der Waals surface area (Å²) in [6, 6.07) is 2.07. The van der Waals surface area contributed by atoms with E-state index in [1.54, 1.807) is 29.2 Å². The van der Waals surface area contributed by atoms with Crippen LogP contribution in [0.1, 0.15) is 99.2 Å². The number of aromatic nitrogens is 5. The molecule has 2 fully saturated rings. The van der Waals surface area contributed by atoms with E-state index in [9.17, 15) is 31.5 Å². The van der Waals surface area contributed by atoms with Crippen LogP contribution >= 0.6 is 0 Å². The van der Waals surface area contributed by atoms with E-state index < -0.39 is 48.7 Å². The van der Waals surface area contributed by atoms with Gasteiger partial charge in [-0.2, -0.15) is 23.4 Å². The lowest BCUT2D eigenvalue weighted by Crippen LogP contribution is -2.38. The van der Waals surface area contributed by atoms with E-state index in [4.69, 9.17) is 9.72 Å². The number of hydrogen-bond donors (Lipinski definition) is 2. The van der Waals surface area contributed by atoms with Gasteiger partial charge in [0.25, 0.3) is 5.91 Å². The highest BCUT2D eigenvalue weighted by atomic mass is 19.4. The fourth-order valence-electron chi connectivity index (χ4n) is 5.59. The van der Waals surface area contributed by atoms with Crippen molar-refractivity contribution in [1.82, 2.24) is 35.0 Å². The number of imidazole rings is 1. The van der Waals surface area contributed by atoms with Crippen LogP contribution < -0.4 is 10.6 Å². The van der Waals surface area contributed by atoms with Crippen LogP contribution in [0.15, 0.2) is 30.7 Å². The van der Waals surface area contributed by atoms with Gasteiger partial charge in [-0.15, -0.1) is 0 Å². The monoisotopic (exact) mass is 625 g/mol. The quantitative estimate of drug-likeness (QED) is 0.278. The molecule has 3 aromatic rings. The van der Waals surface area contributed by atoms with Crippen molar-refractivity contribution < 1.29 is 36.3 Å². The Balaban J connectivity index is 1.38. The molecule has 2 saturated carbocycles. The number of ether oxygens (including phenoxy) is 1. The SMILES string of the molecule is CC(C)n1nccc1C(=O)N[C@H](c1cn2ncc([C@H](NC(=O)CO[C@@H](C)C(F)(F)F)C3CC3)cc2n1)C1CCC(F)(F)CC1. The first-order valence-electron chi connectivity index (χ1n) is 14.8. The normalized spacial score (nSPS) is 19.6. The van der Waals surface area contributed by atoms with Gasteiger partial charge in [0.05, 0.1) is 30.2 Å². The molecule has 2 N–H and O–H groups in total. The first-order chi connectivity index (χ1) is 20.7. The molecular weight excluding hydrogens is 589 g/mol. The highest BCUT2D eigenvalue weighted by Crippen LogP contribution is 2.43. The van der Waals surface area contributed by atoms with E-state index in [2.05, 4.69) is 20.8 Å². The topological polar surface area (TPSA) is 115 Å². The van der Waals surface area contributed by atoms with Crippen LogP contribution in [0.5, 0.6) is 0 Å². The summed E-state index contributed by atoms with van der Waals surface area (Å²) in [5.74, 6) is -4.05. The van der Waals surface area contributed by atoms with Gasteiger partial charge in [0.2, 0.25) is 11.8 Å². The summed E-state index contributed by atoms with van der Waals surface area (Å²) in [7, 11) is 0. The minimum absolute atomic E-state index is 0.0742. The van der Waals surface area contributed by atoms with Crippen molar-refractivity contribution in [2.75, 3.05) is 6.61 Å². The van der Waals surface area contributed by atoms with Crippen molar-refractivity contribution in [3.63, 3.8) is 0 Å². The lowest BCUT2D eigenvalue weighted by molar-refractivity contribution is -0.213. The first kappa shape index (κ1) is 31.8. The highest BCUT2D eigenvalue weighted by molar-refractivity contribution is 5.92. The van der Waals surface area contributed by atoms with Crippen molar-refractivity contribution >= 4 is 17.5 Å². The fraction of sp³-hybridized carbons (Fsp3) is 0.621. The molecule has 2 aliphatic rings. The molecule has 0 bridgehead atoms. The minimum Gasteiger partial charge on any atom is -0.359 e. The number of carbonyl (C=O) groups is 2. The molecule has 3 atom stereocenters. The number of halogens is 5. The van der Waals surface area contributed by atoms with E-state index in [0.29, 0.717) is 22.6 Å². The number of alkyl halides is 5. The molecule has 0 unspecified atom stereocenters. The van der Waals surface area contributed by atoms with Crippen LogP contribution in [0.25, 0.3) is 5.65 Å². The summed E-state index contributed by atoms with van der Waals surface area (Å²) in [6.07, 6.45) is -0.484. The largest absolute Gasteiger partial charge is 0.414 e. The Bertz CT molecular complexity index is 1470. The zero-order valence-electron chi connectivity index (χ0n) is 24.7. The number of amides is 2. The second-order valence-electron chi connectivity index (χ2n) is 12.0. The number of nitrogens with zero attached hydrogens (tertiary/aromatic N) is 5. The molecular formula is C29H36F5N7O3. The molecule has 44 heavy (non-hydrogen) atoms. The lowest BCUT2D eigenvalue weighted by Gasteiger charge is -2.33. The van der Waals surface area contributed by atoms with Crippen LogP contribution in [-0.4, -0.2) is 61.0 Å². The van der Waals surface area contributed by atoms with Crippen molar-refractivity contribution in [3.8, 4) is 0 Å². The first-order valence-corrected chi connectivity index (χ1v) is 14.8. The third-order valence-corrected chi connectivity index (χ3v) is 8.28. The Labute approximate surface area is 250 Å². The maximum absolute atomic E-state index is 14.0. The van der Waals surface area contributed by atoms with E-state index in [0.717, 1.165) is 19.8 Å². The third-order valence-electron chi connectivity index (χ3n) is 8.28. The summed E-state index contributed by atoms with van der Waals surface area (Å²) >= 11 is 0. The zero-order valence-corrected chi connectivity index (χ0v) is 24.7. The Kier molecular flexibility index (Phi) is 8.96. The summed E-state index contributed by atoms with van der Waals surface area (Å²) in [4.78, 5) is 30.6. The van der Waals surface area contributed by atoms with Gasteiger partial charge in [-0.05, 0) is 76.0 Å². The van der Waals surface area contributed by atoms with Gasteiger partial charge < -0.3 is 15.4 Å². The second-order valence-corrected chi connectivity index (χ2v) is 12.0. The maximum atomic E-state index is 14.0. The number of carbonyl (C=O) groups excluding carboxylic acids is 2. The summed E-state index contributed by atoms with van der Waals surface area (Å²) in [5, 5.41) is 14.4. The van der Waals surface area contributed by atoms with Gasteiger partial charge in [-0.25, -0.2) is 18.3 Å². The van der Waals surface area contributed by atoms with E-state index in [-0.39, 0.29) is 43.6 Å². The van der Waals surface area contributed by atoms with Crippen molar-refractivity contribution in [2.24, 2.45) is 11.8 Å². The molecule has 10 nitrogen and oxygen atoms in total. The third kappa shape index (κ3) is 7.36. The summed E-state index contributed by atoms with van der Waals surface area (Å²) < 4.78 is 74.2. The van der Waals surface area contributed by atoms with Gasteiger partial charge in [0.1, 0.15) is 12.3 Å². The molecule has 0 radical (unpaired) electrons. The van der Waals surface area contributed by atoms with Crippen LogP contribution in [0.4, 0.5) is 22.0 Å². The van der Waals surface area contributed by atoms with E-state index in [1.165, 1.54) is 10.7 Å². The number of nitrogens with one attached hydrogen (secondary N) is 2. The Morgan fingerprint density at radius 2 is 1.73 bits per heavy atom. The van der Waals surface area contributed by atoms with Crippen LogP contribution in [0, 0.1) is 11.8 Å². The predicted octanol–water partition coefficient (Wildman–Crippen LogP) is 5.34. The van der Waals surface area contributed by atoms with Gasteiger partial charge in [-0.3, -0.25) is 14.3 Å². The second kappa shape index (κ2) is 12.4. The smallest absolute Gasteiger partial charge is 0.359 e. The average molecular weight is 626 g/mol. The van der Waals surface area contributed by atoms with Crippen molar-refractivity contribution in [3.05, 3.63) is 47.7 Å². The molecule has 0 saturated heterocycles. The number of fused-ring (bicyclic) bond motifs is 1. The van der Waals surface area contributed by atoms with Gasteiger partial charge in [-0.1, -0.05) is 0 Å². The molecule has 2 amide bonds. The van der Waals surface area contributed by atoms with Crippen LogP contribution in [0.3, 0.4) is 0 Å². The summed E-state index contributed by atoms with van der Waals surface area (Å²) in [6.45, 7) is 3.88. The fourth-order valence-corrected chi connectivity index (χ4v) is 5.59. The molecule has 3 heterocycles. The molecule has 5 rings (SSSR count). The number of rotatable bonds is 11. The standard InChI is InChI=1S/C29H36F5N7O3/c1-16(2)41-22(8-11-35-41)27(43)39-26(19-6-9-28(30,31)10-7-19)21-14-40-23(37-21)12-20(13-36-40)25(18-4-5-18)38-24(42)15-44-17(3)29(32,33)34/h8,11-14,16-19,25-26H,4-7,9-10,15H2,1-3H3,(H,38,42)(H,39,43)/t17-,25+,26-/m0/s1.